The zero-order valence-electron chi connectivity index (χ0n) is 17.3. The molecule has 0 aromatic heterocycles. The van der Waals surface area contributed by atoms with Crippen LogP contribution < -0.4 is 5.22 Å². The molecule has 148 valence electrons. The van der Waals surface area contributed by atoms with Gasteiger partial charge in [0, 0.05) is 22.5 Å². The molecule has 0 amide bonds. The van der Waals surface area contributed by atoms with E-state index in [0.29, 0.717) is 0 Å². The molecule has 7 rings (SSSR count). The Morgan fingerprint density at radius 2 is 1.61 bits per heavy atom. The van der Waals surface area contributed by atoms with Crippen LogP contribution in [0.2, 0.25) is 0 Å². The van der Waals surface area contributed by atoms with Gasteiger partial charge in [0.25, 0.3) is 5.70 Å². The smallest absolute Gasteiger partial charge is 0.258 e. The molecule has 31 heavy (non-hydrogen) atoms. The third-order valence-electron chi connectivity index (χ3n) is 8.27. The normalized spacial score (nSPS) is 27.5. The second-order valence-electron chi connectivity index (χ2n) is 9.27. The molecule has 0 heterocycles. The highest BCUT2D eigenvalue weighted by atomic mass is 16.6. The van der Waals surface area contributed by atoms with E-state index in [1.54, 1.807) is 0 Å². The van der Waals surface area contributed by atoms with E-state index in [1.807, 2.05) is 18.2 Å². The van der Waals surface area contributed by atoms with Gasteiger partial charge in [-0.2, -0.15) is 0 Å². The van der Waals surface area contributed by atoms with Crippen LogP contribution in [0.1, 0.15) is 19.4 Å². The van der Waals surface area contributed by atoms with Crippen LogP contribution >= 0.6 is 0 Å². The van der Waals surface area contributed by atoms with Crippen molar-refractivity contribution in [2.24, 2.45) is 10.8 Å². The maximum Gasteiger partial charge on any atom is 0.273 e. The van der Waals surface area contributed by atoms with Crippen molar-refractivity contribution < 1.29 is 4.92 Å². The lowest BCUT2D eigenvalue weighted by Gasteiger charge is -2.56. The molecule has 4 aliphatic rings. The van der Waals surface area contributed by atoms with Gasteiger partial charge in [-0.05, 0) is 56.0 Å². The predicted octanol–water partition coefficient (Wildman–Crippen LogP) is 5.88. The van der Waals surface area contributed by atoms with E-state index < -0.39 is 5.41 Å². The molecule has 0 N–H and O–H groups in total. The maximum atomic E-state index is 12.2. The predicted molar refractivity (Wildman–Crippen MR) is 125 cm³/mol. The Morgan fingerprint density at radius 1 is 0.839 bits per heavy atom. The van der Waals surface area contributed by atoms with Crippen LogP contribution in [0.25, 0.3) is 32.7 Å². The summed E-state index contributed by atoms with van der Waals surface area (Å²) in [5, 5.41) is 18.2. The molecule has 3 nitrogen and oxygen atoms in total. The zero-order valence-corrected chi connectivity index (χ0v) is 17.3. The summed E-state index contributed by atoms with van der Waals surface area (Å²) in [5.74, 6) is 0. The molecule has 0 saturated heterocycles. The van der Waals surface area contributed by atoms with Gasteiger partial charge in [0.05, 0.1) is 4.92 Å². The van der Waals surface area contributed by atoms with E-state index in [0.717, 1.165) is 21.9 Å². The molecule has 0 spiro atoms. The molecule has 4 aliphatic carbocycles. The van der Waals surface area contributed by atoms with Gasteiger partial charge >= 0.3 is 0 Å². The molecule has 0 saturated carbocycles. The first-order valence-electron chi connectivity index (χ1n) is 10.6. The van der Waals surface area contributed by atoms with Crippen LogP contribution in [0.3, 0.4) is 0 Å². The number of fused-ring (bicyclic) bond motifs is 1. The Labute approximate surface area is 179 Å². The number of nitrogens with zero attached hydrogens (tertiary/aromatic N) is 1. The third-order valence-corrected chi connectivity index (χ3v) is 8.27. The van der Waals surface area contributed by atoms with Crippen molar-refractivity contribution in [2.45, 2.75) is 13.8 Å². The Morgan fingerprint density at radius 3 is 2.39 bits per heavy atom. The molecule has 3 aromatic carbocycles. The lowest BCUT2D eigenvalue weighted by Crippen LogP contribution is -2.50. The summed E-state index contributed by atoms with van der Waals surface area (Å²) in [7, 11) is 0. The average Bonchev–Trinajstić information content (AvgIpc) is 2.76. The first-order chi connectivity index (χ1) is 15.0. The monoisotopic (exact) mass is 401 g/mol. The van der Waals surface area contributed by atoms with Crippen LogP contribution in [0.5, 0.6) is 0 Å². The summed E-state index contributed by atoms with van der Waals surface area (Å²) in [4.78, 5) is 12.0. The Balaban J connectivity index is 1.80. The van der Waals surface area contributed by atoms with Gasteiger partial charge in [0.2, 0.25) is 0 Å². The van der Waals surface area contributed by atoms with Gasteiger partial charge in [-0.25, -0.2) is 0 Å². The van der Waals surface area contributed by atoms with Crippen molar-refractivity contribution in [2.75, 3.05) is 0 Å². The van der Waals surface area contributed by atoms with Crippen molar-refractivity contribution in [1.29, 1.82) is 0 Å². The van der Waals surface area contributed by atoms with E-state index in [-0.39, 0.29) is 16.0 Å². The fourth-order valence-electron chi connectivity index (χ4n) is 6.63. The Bertz CT molecular complexity index is 1610. The van der Waals surface area contributed by atoms with Gasteiger partial charge in [-0.15, -0.1) is 0 Å². The van der Waals surface area contributed by atoms with Crippen LogP contribution in [-0.4, -0.2) is 4.92 Å². The molecular formula is C28H19NO2. The van der Waals surface area contributed by atoms with E-state index in [2.05, 4.69) is 74.5 Å². The number of allylic oxidation sites excluding steroid dienone is 9. The molecule has 0 bridgehead atoms. The molecule has 0 aliphatic heterocycles. The molecule has 2 atom stereocenters. The topological polar surface area (TPSA) is 43.1 Å². The fourth-order valence-corrected chi connectivity index (χ4v) is 6.63. The Kier molecular flexibility index (Phi) is 2.81. The molecule has 0 unspecified atom stereocenters. The van der Waals surface area contributed by atoms with Crippen molar-refractivity contribution in [3.63, 3.8) is 0 Å². The van der Waals surface area contributed by atoms with Crippen LogP contribution in [0.15, 0.2) is 95.8 Å². The summed E-state index contributed by atoms with van der Waals surface area (Å²) in [6.07, 6.45) is 12.2. The van der Waals surface area contributed by atoms with Crippen LogP contribution in [0.4, 0.5) is 0 Å². The fraction of sp³-hybridized carbons (Fsp3) is 0.143. The summed E-state index contributed by atoms with van der Waals surface area (Å²) >= 11 is 0. The van der Waals surface area contributed by atoms with Gasteiger partial charge < -0.3 is 0 Å². The molecular weight excluding hydrogens is 382 g/mol. The number of hydrogen-bond donors (Lipinski definition) is 0. The van der Waals surface area contributed by atoms with E-state index >= 15 is 0 Å². The average molecular weight is 401 g/mol. The minimum atomic E-state index is -0.497. The molecule has 0 fully saturated rings. The maximum absolute atomic E-state index is 12.2. The standard InChI is InChI=1S/C28H19NO2/c1-27-18-7-4-8-22(27)24(29(30)31)15-23-20-13-10-17-6-3-5-16-9-12-19(26(20)25(16)17)21(14-11-18)28(23,27)2/h3-15H,1-2H3/t27-,28-/m0/s1. The largest absolute Gasteiger partial charge is 0.273 e. The zero-order chi connectivity index (χ0) is 21.1. The van der Waals surface area contributed by atoms with Crippen molar-refractivity contribution in [3.05, 3.63) is 117 Å². The summed E-state index contributed by atoms with van der Waals surface area (Å²) in [5.41, 5.74) is 4.80. The summed E-state index contributed by atoms with van der Waals surface area (Å²) in [6.45, 7) is 4.46. The van der Waals surface area contributed by atoms with Crippen molar-refractivity contribution >= 4 is 32.7 Å². The van der Waals surface area contributed by atoms with E-state index in [1.165, 1.54) is 32.7 Å². The first kappa shape index (κ1) is 17.0. The third kappa shape index (κ3) is 1.67. The number of benzene rings is 3. The van der Waals surface area contributed by atoms with E-state index in [9.17, 15) is 10.1 Å². The second-order valence-corrected chi connectivity index (χ2v) is 9.27. The van der Waals surface area contributed by atoms with Crippen molar-refractivity contribution in [1.82, 2.24) is 0 Å². The van der Waals surface area contributed by atoms with Crippen LogP contribution in [-0.2, 0) is 0 Å². The molecule has 3 heteroatoms. The van der Waals surface area contributed by atoms with E-state index in [4.69, 9.17) is 0 Å². The van der Waals surface area contributed by atoms with Crippen molar-refractivity contribution in [3.8, 4) is 0 Å². The quantitative estimate of drug-likeness (QED) is 0.377. The highest BCUT2D eigenvalue weighted by Gasteiger charge is 2.60. The van der Waals surface area contributed by atoms with Gasteiger partial charge in [0.1, 0.15) is 0 Å². The summed E-state index contributed by atoms with van der Waals surface area (Å²) in [6, 6.07) is 15.2. The number of rotatable bonds is 1. The van der Waals surface area contributed by atoms with Gasteiger partial charge in [-0.1, -0.05) is 79.8 Å². The lowest BCUT2D eigenvalue weighted by molar-refractivity contribution is -0.422. The minimum absolute atomic E-state index is 0.210. The summed E-state index contributed by atoms with van der Waals surface area (Å²) < 4.78 is 0. The van der Waals surface area contributed by atoms with Crippen LogP contribution in [0, 0.1) is 20.9 Å². The van der Waals surface area contributed by atoms with Gasteiger partial charge in [-0.3, -0.25) is 10.1 Å². The SMILES string of the molecule is C[C@]12C3=CC=C4c5ccc6cccc7ccc(c5c67)=C(C=C([N+](=O)[O-])C1=CC=C3)[C@]42C. The lowest BCUT2D eigenvalue weighted by atomic mass is 9.45. The van der Waals surface area contributed by atoms with Gasteiger partial charge in [0.15, 0.2) is 0 Å². The molecule has 3 aromatic rings. The minimum Gasteiger partial charge on any atom is -0.258 e. The molecule has 0 radical (unpaired) electrons. The second kappa shape index (κ2) is 5.12. The number of nitro groups is 1. The Hall–Kier alpha value is -3.72. The highest BCUT2D eigenvalue weighted by Crippen LogP contribution is 2.68. The number of hydrogen-bond acceptors (Lipinski definition) is 2. The first-order valence-corrected chi connectivity index (χ1v) is 10.6. The highest BCUT2D eigenvalue weighted by molar-refractivity contribution is 6.17.